The normalized spacial score (nSPS) is 12.8. The van der Waals surface area contributed by atoms with Crippen LogP contribution in [0.15, 0.2) is 12.7 Å². The summed E-state index contributed by atoms with van der Waals surface area (Å²) in [6.07, 6.45) is 0.795. The fourth-order valence-electron chi connectivity index (χ4n) is 0.934. The molecule has 4 heteroatoms. The highest BCUT2D eigenvalue weighted by molar-refractivity contribution is 5.72. The monoisotopic (exact) mass is 214 g/mol. The van der Waals surface area contributed by atoms with Gasteiger partial charge in [0.2, 0.25) is 0 Å². The summed E-state index contributed by atoms with van der Waals surface area (Å²) in [5.41, 5.74) is -0.529. The first-order valence-electron chi connectivity index (χ1n) is 4.76. The second-order valence-corrected chi connectivity index (χ2v) is 4.17. The minimum atomic E-state index is -0.614. The zero-order valence-electron chi connectivity index (χ0n) is 9.70. The van der Waals surface area contributed by atoms with Crippen molar-refractivity contribution in [2.24, 2.45) is 0 Å². The van der Waals surface area contributed by atoms with Crippen LogP contribution in [0.2, 0.25) is 0 Å². The van der Waals surface area contributed by atoms with Crippen LogP contribution in [-0.2, 0) is 19.1 Å². The van der Waals surface area contributed by atoms with Gasteiger partial charge in [-0.2, -0.15) is 0 Å². The van der Waals surface area contributed by atoms with Crippen molar-refractivity contribution in [1.29, 1.82) is 0 Å². The highest BCUT2D eigenvalue weighted by Crippen LogP contribution is 2.10. The summed E-state index contributed by atoms with van der Waals surface area (Å²) in [4.78, 5) is 22.0. The van der Waals surface area contributed by atoms with Gasteiger partial charge < -0.3 is 9.47 Å². The minimum Gasteiger partial charge on any atom is -0.460 e. The maximum Gasteiger partial charge on any atom is 0.310 e. The molecule has 0 aromatic heterocycles. The van der Waals surface area contributed by atoms with Gasteiger partial charge in [0.05, 0.1) is 6.42 Å². The lowest BCUT2D eigenvalue weighted by atomic mass is 10.2. The smallest absolute Gasteiger partial charge is 0.310 e. The van der Waals surface area contributed by atoms with Crippen molar-refractivity contribution in [2.75, 3.05) is 0 Å². The van der Waals surface area contributed by atoms with E-state index in [0.29, 0.717) is 0 Å². The summed E-state index contributed by atoms with van der Waals surface area (Å²) in [5, 5.41) is 0. The van der Waals surface area contributed by atoms with E-state index in [-0.39, 0.29) is 6.42 Å². The van der Waals surface area contributed by atoms with Crippen LogP contribution < -0.4 is 0 Å². The largest absolute Gasteiger partial charge is 0.460 e. The summed E-state index contributed by atoms with van der Waals surface area (Å²) in [6.45, 7) is 10.1. The van der Waals surface area contributed by atoms with Crippen molar-refractivity contribution < 1.29 is 19.1 Å². The molecule has 0 rings (SSSR count). The molecule has 0 heterocycles. The van der Waals surface area contributed by atoms with Crippen LogP contribution in [0.4, 0.5) is 0 Å². The lowest BCUT2D eigenvalue weighted by Gasteiger charge is -2.21. The van der Waals surface area contributed by atoms with E-state index in [9.17, 15) is 9.59 Å². The number of hydrogen-bond acceptors (Lipinski definition) is 4. The Morgan fingerprint density at radius 1 is 1.40 bits per heavy atom. The number of carbonyl (C=O) groups is 2. The van der Waals surface area contributed by atoms with Gasteiger partial charge >= 0.3 is 11.9 Å². The lowest BCUT2D eigenvalue weighted by molar-refractivity contribution is -0.159. The maximum absolute atomic E-state index is 11.3. The second-order valence-electron chi connectivity index (χ2n) is 4.17. The Morgan fingerprint density at radius 3 is 2.27 bits per heavy atom. The molecule has 0 unspecified atom stereocenters. The Kier molecular flexibility index (Phi) is 5.05. The minimum absolute atomic E-state index is 0.000347. The first-order chi connectivity index (χ1) is 6.74. The van der Waals surface area contributed by atoms with E-state index in [1.165, 1.54) is 13.0 Å². The van der Waals surface area contributed by atoms with E-state index in [0.717, 1.165) is 0 Å². The van der Waals surface area contributed by atoms with Crippen LogP contribution in [0, 0.1) is 0 Å². The van der Waals surface area contributed by atoms with Crippen molar-refractivity contribution in [3.63, 3.8) is 0 Å². The Balaban J connectivity index is 4.13. The van der Waals surface area contributed by atoms with Crippen LogP contribution in [0.5, 0.6) is 0 Å². The molecule has 86 valence electrons. The van der Waals surface area contributed by atoms with Crippen molar-refractivity contribution in [3.05, 3.63) is 12.7 Å². The van der Waals surface area contributed by atoms with Crippen LogP contribution in [0.25, 0.3) is 0 Å². The molecule has 0 spiro atoms. The number of hydrogen-bond donors (Lipinski definition) is 0. The number of rotatable bonds is 4. The van der Waals surface area contributed by atoms with Crippen molar-refractivity contribution in [2.45, 2.75) is 45.8 Å². The average Bonchev–Trinajstić information content (AvgIpc) is 1.98. The molecule has 0 amide bonds. The fourth-order valence-corrected chi connectivity index (χ4v) is 0.934. The molecule has 0 saturated heterocycles. The molecule has 15 heavy (non-hydrogen) atoms. The Morgan fingerprint density at radius 2 is 1.93 bits per heavy atom. The van der Waals surface area contributed by atoms with Crippen LogP contribution in [0.1, 0.15) is 34.1 Å². The van der Waals surface area contributed by atoms with Gasteiger partial charge in [0.1, 0.15) is 11.7 Å². The zero-order chi connectivity index (χ0) is 12.1. The Hall–Kier alpha value is -1.32. The van der Waals surface area contributed by atoms with E-state index in [1.54, 1.807) is 20.8 Å². The van der Waals surface area contributed by atoms with Gasteiger partial charge in [0.25, 0.3) is 0 Å². The molecule has 0 aliphatic heterocycles. The summed E-state index contributed by atoms with van der Waals surface area (Å²) in [6, 6.07) is 0. The van der Waals surface area contributed by atoms with Gasteiger partial charge in [-0.25, -0.2) is 0 Å². The van der Waals surface area contributed by atoms with Crippen LogP contribution in [-0.4, -0.2) is 23.6 Å². The number of carbonyl (C=O) groups excluding carboxylic acids is 2. The van der Waals surface area contributed by atoms with E-state index >= 15 is 0 Å². The third-order valence-corrected chi connectivity index (χ3v) is 1.37. The van der Waals surface area contributed by atoms with E-state index in [4.69, 9.17) is 9.47 Å². The van der Waals surface area contributed by atoms with Gasteiger partial charge in [-0.05, 0) is 20.8 Å². The fraction of sp³-hybridized carbons (Fsp3) is 0.636. The average molecular weight is 214 g/mol. The Labute approximate surface area is 90.2 Å². The molecule has 0 fully saturated rings. The molecular weight excluding hydrogens is 196 g/mol. The maximum atomic E-state index is 11.3. The zero-order valence-corrected chi connectivity index (χ0v) is 9.70. The summed E-state index contributed by atoms with van der Waals surface area (Å²) in [7, 11) is 0. The third-order valence-electron chi connectivity index (χ3n) is 1.37. The summed E-state index contributed by atoms with van der Waals surface area (Å²) >= 11 is 0. The molecule has 0 aliphatic rings. The highest BCUT2D eigenvalue weighted by Gasteiger charge is 2.20. The van der Waals surface area contributed by atoms with Crippen molar-refractivity contribution in [3.8, 4) is 0 Å². The predicted octanol–water partition coefficient (Wildman–Crippen LogP) is 1.84. The van der Waals surface area contributed by atoms with Crippen LogP contribution >= 0.6 is 0 Å². The molecule has 4 nitrogen and oxygen atoms in total. The van der Waals surface area contributed by atoms with Crippen molar-refractivity contribution in [1.82, 2.24) is 0 Å². The van der Waals surface area contributed by atoms with Crippen molar-refractivity contribution >= 4 is 11.9 Å². The third kappa shape index (κ3) is 7.73. The molecule has 0 aliphatic carbocycles. The molecule has 0 saturated carbocycles. The first kappa shape index (κ1) is 13.7. The quantitative estimate of drug-likeness (QED) is 0.529. The lowest BCUT2D eigenvalue weighted by Crippen LogP contribution is -2.27. The summed E-state index contributed by atoms with van der Waals surface area (Å²) in [5.74, 6) is -0.850. The highest BCUT2D eigenvalue weighted by atomic mass is 16.6. The topological polar surface area (TPSA) is 52.6 Å². The first-order valence-corrected chi connectivity index (χ1v) is 4.76. The molecule has 0 aromatic carbocycles. The van der Waals surface area contributed by atoms with E-state index < -0.39 is 23.6 Å². The molecular formula is C11H18O4. The standard InChI is InChI=1S/C11H18O4/c1-6-9(14-8(2)12)7-10(13)15-11(3,4)5/h6,9H,1,7H2,2-5H3/t9-/m1/s1. The van der Waals surface area contributed by atoms with Gasteiger partial charge in [0, 0.05) is 6.92 Å². The molecule has 0 bridgehead atoms. The molecule has 0 aromatic rings. The molecule has 1 atom stereocenters. The summed E-state index contributed by atoms with van der Waals surface area (Å²) < 4.78 is 9.90. The van der Waals surface area contributed by atoms with Gasteiger partial charge in [-0.3, -0.25) is 9.59 Å². The van der Waals surface area contributed by atoms with Crippen LogP contribution in [0.3, 0.4) is 0 Å². The molecule has 0 radical (unpaired) electrons. The van der Waals surface area contributed by atoms with Gasteiger partial charge in [-0.1, -0.05) is 12.7 Å². The number of ether oxygens (including phenoxy) is 2. The predicted molar refractivity (Wildman–Crippen MR) is 56.2 cm³/mol. The Bertz CT molecular complexity index is 250. The van der Waals surface area contributed by atoms with Gasteiger partial charge in [0.15, 0.2) is 0 Å². The number of esters is 2. The molecule has 0 N–H and O–H groups in total. The SMILES string of the molecule is C=C[C@H](CC(=O)OC(C)(C)C)OC(C)=O. The van der Waals surface area contributed by atoms with E-state index in [2.05, 4.69) is 6.58 Å². The van der Waals surface area contributed by atoms with E-state index in [1.807, 2.05) is 0 Å². The second kappa shape index (κ2) is 5.53. The van der Waals surface area contributed by atoms with Gasteiger partial charge in [-0.15, -0.1) is 0 Å².